The van der Waals surface area contributed by atoms with Gasteiger partial charge in [-0.15, -0.1) is 0 Å². The molecule has 3 rings (SSSR count). The summed E-state index contributed by atoms with van der Waals surface area (Å²) in [4.78, 5) is 25.1. The maximum Gasteiger partial charge on any atom is 0.323 e. The number of rotatable bonds is 9. The Morgan fingerprint density at radius 1 is 0.867 bits per heavy atom. The number of carboxylic acids is 1. The van der Waals surface area contributed by atoms with Gasteiger partial charge < -0.3 is 19.5 Å². The van der Waals surface area contributed by atoms with E-state index in [1.165, 1.54) is 4.90 Å². The van der Waals surface area contributed by atoms with Crippen molar-refractivity contribution in [2.45, 2.75) is 6.54 Å². The standard InChI is InChI=1S/C23H20ClNO5/c24-19-11-5-4-8-17(19)14-25(15-23(27)28)22(26)16-29-20-12-6-7-13-21(20)30-18-9-2-1-3-10-18/h1-13H,14-16H2,(H,27,28). The molecule has 0 bridgehead atoms. The largest absolute Gasteiger partial charge is 0.480 e. The maximum atomic E-state index is 12.7. The van der Waals surface area contributed by atoms with Gasteiger partial charge in [0.25, 0.3) is 5.91 Å². The Balaban J connectivity index is 1.69. The van der Waals surface area contributed by atoms with Crippen molar-refractivity contribution in [3.63, 3.8) is 0 Å². The molecule has 30 heavy (non-hydrogen) atoms. The van der Waals surface area contributed by atoms with Gasteiger partial charge >= 0.3 is 5.97 Å². The zero-order valence-corrected chi connectivity index (χ0v) is 16.8. The third-order valence-electron chi connectivity index (χ3n) is 4.17. The Morgan fingerprint density at radius 3 is 2.20 bits per heavy atom. The zero-order valence-electron chi connectivity index (χ0n) is 16.0. The summed E-state index contributed by atoms with van der Waals surface area (Å²) in [5.74, 6) is -0.142. The normalized spacial score (nSPS) is 10.3. The van der Waals surface area contributed by atoms with Crippen molar-refractivity contribution in [3.05, 3.63) is 89.4 Å². The molecular weight excluding hydrogens is 406 g/mol. The SMILES string of the molecule is O=C(O)CN(Cc1ccccc1Cl)C(=O)COc1ccccc1Oc1ccccc1. The van der Waals surface area contributed by atoms with E-state index in [0.29, 0.717) is 27.8 Å². The van der Waals surface area contributed by atoms with Gasteiger partial charge in [-0.3, -0.25) is 9.59 Å². The van der Waals surface area contributed by atoms with Crippen LogP contribution in [-0.2, 0) is 16.1 Å². The van der Waals surface area contributed by atoms with Crippen LogP contribution in [0.5, 0.6) is 17.2 Å². The molecule has 0 aliphatic rings. The number of benzene rings is 3. The highest BCUT2D eigenvalue weighted by atomic mass is 35.5. The molecule has 0 aromatic heterocycles. The number of carbonyl (C=O) groups is 2. The molecule has 0 saturated heterocycles. The van der Waals surface area contributed by atoms with Gasteiger partial charge in [0.1, 0.15) is 12.3 Å². The van der Waals surface area contributed by atoms with Gasteiger partial charge in [0.15, 0.2) is 18.1 Å². The van der Waals surface area contributed by atoms with Gasteiger partial charge in [-0.25, -0.2) is 0 Å². The lowest BCUT2D eigenvalue weighted by molar-refractivity contribution is -0.145. The number of carbonyl (C=O) groups excluding carboxylic acids is 1. The van der Waals surface area contributed by atoms with E-state index >= 15 is 0 Å². The molecule has 0 aliphatic heterocycles. The summed E-state index contributed by atoms with van der Waals surface area (Å²) in [5, 5.41) is 9.65. The summed E-state index contributed by atoms with van der Waals surface area (Å²) in [5.41, 5.74) is 0.654. The molecule has 0 aliphatic carbocycles. The number of aliphatic carboxylic acids is 1. The van der Waals surface area contributed by atoms with Crippen molar-refractivity contribution >= 4 is 23.5 Å². The van der Waals surface area contributed by atoms with E-state index in [0.717, 1.165) is 0 Å². The molecule has 3 aromatic rings. The number of amides is 1. The average molecular weight is 426 g/mol. The lowest BCUT2D eigenvalue weighted by Crippen LogP contribution is -2.38. The van der Waals surface area contributed by atoms with Gasteiger partial charge in [0.05, 0.1) is 0 Å². The van der Waals surface area contributed by atoms with Crippen molar-refractivity contribution in [2.24, 2.45) is 0 Å². The minimum Gasteiger partial charge on any atom is -0.480 e. The Hall–Kier alpha value is -3.51. The third-order valence-corrected chi connectivity index (χ3v) is 4.54. The first kappa shape index (κ1) is 21.2. The minimum absolute atomic E-state index is 0.0658. The molecule has 0 atom stereocenters. The predicted octanol–water partition coefficient (Wildman–Crippen LogP) is 4.62. The fourth-order valence-electron chi connectivity index (χ4n) is 2.73. The van der Waals surface area contributed by atoms with Gasteiger partial charge in [-0.1, -0.05) is 60.1 Å². The van der Waals surface area contributed by atoms with Crippen molar-refractivity contribution in [1.29, 1.82) is 0 Å². The molecule has 7 heteroatoms. The summed E-state index contributed by atoms with van der Waals surface area (Å²) < 4.78 is 11.5. The van der Waals surface area contributed by atoms with E-state index in [9.17, 15) is 14.7 Å². The van der Waals surface area contributed by atoms with E-state index < -0.39 is 18.4 Å². The minimum atomic E-state index is -1.12. The highest BCUT2D eigenvalue weighted by Crippen LogP contribution is 2.31. The van der Waals surface area contributed by atoms with Crippen molar-refractivity contribution < 1.29 is 24.2 Å². The van der Waals surface area contributed by atoms with Crippen LogP contribution in [0.15, 0.2) is 78.9 Å². The summed E-state index contributed by atoms with van der Waals surface area (Å²) in [6.07, 6.45) is 0. The van der Waals surface area contributed by atoms with E-state index in [2.05, 4.69) is 0 Å². The third kappa shape index (κ3) is 5.99. The number of carboxylic acid groups (broad SMARTS) is 1. The van der Waals surface area contributed by atoms with E-state index in [-0.39, 0.29) is 13.2 Å². The fraction of sp³-hybridized carbons (Fsp3) is 0.130. The highest BCUT2D eigenvalue weighted by Gasteiger charge is 2.19. The molecular formula is C23H20ClNO5. The van der Waals surface area contributed by atoms with Crippen LogP contribution in [-0.4, -0.2) is 35.0 Å². The van der Waals surface area contributed by atoms with E-state index in [4.69, 9.17) is 21.1 Å². The Bertz CT molecular complexity index is 1010. The van der Waals surface area contributed by atoms with Crippen molar-refractivity contribution in [3.8, 4) is 17.2 Å². The van der Waals surface area contributed by atoms with Gasteiger partial charge in [0.2, 0.25) is 0 Å². The molecule has 0 fully saturated rings. The lowest BCUT2D eigenvalue weighted by Gasteiger charge is -2.22. The van der Waals surface area contributed by atoms with Crippen LogP contribution >= 0.6 is 11.6 Å². The van der Waals surface area contributed by atoms with Crippen LogP contribution in [0.3, 0.4) is 0 Å². The first-order valence-corrected chi connectivity index (χ1v) is 9.58. The molecule has 6 nitrogen and oxygen atoms in total. The topological polar surface area (TPSA) is 76.1 Å². The number of nitrogens with zero attached hydrogens (tertiary/aromatic N) is 1. The maximum absolute atomic E-state index is 12.7. The number of hydrogen-bond donors (Lipinski definition) is 1. The van der Waals surface area contributed by atoms with Crippen LogP contribution in [0, 0.1) is 0 Å². The lowest BCUT2D eigenvalue weighted by atomic mass is 10.2. The first-order chi connectivity index (χ1) is 14.5. The Morgan fingerprint density at radius 2 is 1.50 bits per heavy atom. The molecule has 0 spiro atoms. The van der Waals surface area contributed by atoms with Gasteiger partial charge in [-0.05, 0) is 35.9 Å². The molecule has 0 heterocycles. The number of hydrogen-bond acceptors (Lipinski definition) is 4. The van der Waals surface area contributed by atoms with E-state index in [1.807, 2.05) is 18.2 Å². The second-order valence-corrected chi connectivity index (χ2v) is 6.79. The van der Waals surface area contributed by atoms with Gasteiger partial charge in [-0.2, -0.15) is 0 Å². The van der Waals surface area contributed by atoms with Crippen LogP contribution in [0.25, 0.3) is 0 Å². The van der Waals surface area contributed by atoms with Crippen LogP contribution in [0.4, 0.5) is 0 Å². The first-order valence-electron chi connectivity index (χ1n) is 9.20. The highest BCUT2D eigenvalue weighted by molar-refractivity contribution is 6.31. The molecule has 1 N–H and O–H groups in total. The fourth-order valence-corrected chi connectivity index (χ4v) is 2.92. The van der Waals surface area contributed by atoms with Crippen LogP contribution in [0.2, 0.25) is 5.02 Å². The van der Waals surface area contributed by atoms with Crippen LogP contribution < -0.4 is 9.47 Å². The molecule has 0 saturated carbocycles. The average Bonchev–Trinajstić information content (AvgIpc) is 2.74. The zero-order chi connectivity index (χ0) is 21.3. The summed E-state index contributed by atoms with van der Waals surface area (Å²) >= 11 is 6.15. The molecule has 154 valence electrons. The number of para-hydroxylation sites is 3. The van der Waals surface area contributed by atoms with Crippen LogP contribution in [0.1, 0.15) is 5.56 Å². The number of halogens is 1. The second-order valence-electron chi connectivity index (χ2n) is 6.39. The second kappa shape index (κ2) is 10.3. The monoisotopic (exact) mass is 425 g/mol. The molecule has 1 amide bonds. The predicted molar refractivity (Wildman–Crippen MR) is 113 cm³/mol. The summed E-state index contributed by atoms with van der Waals surface area (Å²) in [6, 6.07) is 23.1. The summed E-state index contributed by atoms with van der Waals surface area (Å²) in [7, 11) is 0. The Labute approximate surface area is 179 Å². The van der Waals surface area contributed by atoms with Crippen molar-refractivity contribution in [2.75, 3.05) is 13.2 Å². The van der Waals surface area contributed by atoms with E-state index in [1.54, 1.807) is 60.7 Å². The smallest absolute Gasteiger partial charge is 0.323 e. The van der Waals surface area contributed by atoms with Crippen molar-refractivity contribution in [1.82, 2.24) is 4.90 Å². The van der Waals surface area contributed by atoms with Gasteiger partial charge in [0, 0.05) is 11.6 Å². The molecule has 3 aromatic carbocycles. The molecule has 0 radical (unpaired) electrons. The Kier molecular flexibility index (Phi) is 7.29. The summed E-state index contributed by atoms with van der Waals surface area (Å²) in [6.45, 7) is -0.737. The number of ether oxygens (including phenoxy) is 2. The quantitative estimate of drug-likeness (QED) is 0.541. The molecule has 0 unspecified atom stereocenters.